The summed E-state index contributed by atoms with van der Waals surface area (Å²) in [5.41, 5.74) is 2.70. The number of nitrogens with one attached hydrogen (secondary N) is 1. The Hall–Kier alpha value is -1.80. The molecule has 0 aliphatic carbocycles. The van der Waals surface area contributed by atoms with Gasteiger partial charge in [-0.1, -0.05) is 70.2 Å². The maximum absolute atomic E-state index is 9.26. The van der Waals surface area contributed by atoms with Gasteiger partial charge in [-0.25, -0.2) is 0 Å². The first-order valence-electron chi connectivity index (χ1n) is 9.60. The van der Waals surface area contributed by atoms with Gasteiger partial charge in [0.2, 0.25) is 0 Å². The van der Waals surface area contributed by atoms with E-state index < -0.39 is 0 Å². The van der Waals surface area contributed by atoms with E-state index in [1.165, 1.54) is 24.0 Å². The highest BCUT2D eigenvalue weighted by molar-refractivity contribution is 5.26. The van der Waals surface area contributed by atoms with Crippen molar-refractivity contribution in [3.63, 3.8) is 0 Å². The van der Waals surface area contributed by atoms with Crippen LogP contribution >= 0.6 is 0 Å². The van der Waals surface area contributed by atoms with Crippen LogP contribution in [0.4, 0.5) is 0 Å². The van der Waals surface area contributed by atoms with Gasteiger partial charge in [-0.2, -0.15) is 0 Å². The summed E-state index contributed by atoms with van der Waals surface area (Å²) >= 11 is 0. The minimum absolute atomic E-state index is 0.343. The zero-order valence-electron chi connectivity index (χ0n) is 16.3. The molecule has 2 rings (SSSR count). The SMILES string of the molecule is CCCN[C@H](Cc1ccc(O)cc1)CC(C)C.CCc1ccccc1. The zero-order valence-corrected chi connectivity index (χ0v) is 16.3. The number of phenols is 1. The Kier molecular flexibility index (Phi) is 10.7. The molecule has 0 aromatic heterocycles. The van der Waals surface area contributed by atoms with Crippen molar-refractivity contribution in [2.45, 2.75) is 59.4 Å². The van der Waals surface area contributed by atoms with Crippen molar-refractivity contribution in [3.05, 3.63) is 65.7 Å². The van der Waals surface area contributed by atoms with E-state index in [9.17, 15) is 5.11 Å². The van der Waals surface area contributed by atoms with Crippen molar-refractivity contribution in [3.8, 4) is 5.75 Å². The van der Waals surface area contributed by atoms with Crippen LogP contribution in [0, 0.1) is 5.92 Å². The van der Waals surface area contributed by atoms with Crippen LogP contribution < -0.4 is 5.32 Å². The lowest BCUT2D eigenvalue weighted by Crippen LogP contribution is -2.33. The molecule has 0 spiro atoms. The van der Waals surface area contributed by atoms with Crippen molar-refractivity contribution in [2.75, 3.05) is 6.54 Å². The zero-order chi connectivity index (χ0) is 18.5. The van der Waals surface area contributed by atoms with E-state index in [1.807, 2.05) is 18.2 Å². The number of aryl methyl sites for hydroxylation is 1. The molecular formula is C23H35NO. The molecule has 138 valence electrons. The smallest absolute Gasteiger partial charge is 0.115 e. The summed E-state index contributed by atoms with van der Waals surface area (Å²) in [4.78, 5) is 0. The molecule has 0 bridgehead atoms. The lowest BCUT2D eigenvalue weighted by Gasteiger charge is -2.20. The number of phenolic OH excluding ortho intramolecular Hbond substituents is 1. The first-order chi connectivity index (χ1) is 12.0. The van der Waals surface area contributed by atoms with Crippen LogP contribution in [-0.2, 0) is 12.8 Å². The number of aromatic hydroxyl groups is 1. The Morgan fingerprint density at radius 2 is 1.52 bits per heavy atom. The minimum Gasteiger partial charge on any atom is -0.508 e. The predicted molar refractivity (Wildman–Crippen MR) is 109 cm³/mol. The highest BCUT2D eigenvalue weighted by Crippen LogP contribution is 2.14. The summed E-state index contributed by atoms with van der Waals surface area (Å²) in [7, 11) is 0. The fraction of sp³-hybridized carbons (Fsp3) is 0.478. The fourth-order valence-electron chi connectivity index (χ4n) is 2.79. The molecule has 0 amide bonds. The van der Waals surface area contributed by atoms with Crippen LogP contribution in [0.5, 0.6) is 5.75 Å². The molecule has 25 heavy (non-hydrogen) atoms. The monoisotopic (exact) mass is 341 g/mol. The average molecular weight is 342 g/mol. The molecule has 0 heterocycles. The van der Waals surface area contributed by atoms with Gasteiger partial charge in [0.1, 0.15) is 5.75 Å². The lowest BCUT2D eigenvalue weighted by molar-refractivity contribution is 0.416. The average Bonchev–Trinajstić information content (AvgIpc) is 2.62. The van der Waals surface area contributed by atoms with E-state index in [1.54, 1.807) is 12.1 Å². The van der Waals surface area contributed by atoms with Crippen molar-refractivity contribution >= 4 is 0 Å². The molecule has 0 unspecified atom stereocenters. The van der Waals surface area contributed by atoms with Crippen LogP contribution in [0.25, 0.3) is 0 Å². The quantitative estimate of drug-likeness (QED) is 0.655. The van der Waals surface area contributed by atoms with Crippen molar-refractivity contribution in [1.82, 2.24) is 5.32 Å². The van der Waals surface area contributed by atoms with Gasteiger partial charge in [0.05, 0.1) is 0 Å². The van der Waals surface area contributed by atoms with Crippen LogP contribution in [-0.4, -0.2) is 17.7 Å². The maximum atomic E-state index is 9.26. The van der Waals surface area contributed by atoms with Crippen molar-refractivity contribution in [1.29, 1.82) is 0 Å². The normalized spacial score (nSPS) is 11.7. The first-order valence-corrected chi connectivity index (χ1v) is 9.60. The third-order valence-corrected chi connectivity index (χ3v) is 4.11. The molecule has 0 fully saturated rings. The molecule has 1 atom stereocenters. The molecule has 2 aromatic rings. The Balaban J connectivity index is 0.000000324. The predicted octanol–water partition coefficient (Wildman–Crippen LogP) is 5.60. The van der Waals surface area contributed by atoms with E-state index in [0.717, 1.165) is 19.4 Å². The van der Waals surface area contributed by atoms with Crippen LogP contribution in [0.2, 0.25) is 0 Å². The number of rotatable bonds is 8. The topological polar surface area (TPSA) is 32.3 Å². The Morgan fingerprint density at radius 3 is 2.00 bits per heavy atom. The highest BCUT2D eigenvalue weighted by Gasteiger charge is 2.10. The molecule has 2 aromatic carbocycles. The Bertz CT molecular complexity index is 548. The molecule has 0 saturated heterocycles. The third kappa shape index (κ3) is 9.93. The van der Waals surface area contributed by atoms with Gasteiger partial charge < -0.3 is 10.4 Å². The van der Waals surface area contributed by atoms with Gasteiger partial charge >= 0.3 is 0 Å². The maximum Gasteiger partial charge on any atom is 0.115 e. The molecule has 0 aliphatic rings. The molecule has 2 heteroatoms. The molecule has 0 aliphatic heterocycles. The van der Waals surface area contributed by atoms with Crippen LogP contribution in [0.3, 0.4) is 0 Å². The molecule has 2 N–H and O–H groups in total. The summed E-state index contributed by atoms with van der Waals surface area (Å²) in [6.45, 7) is 9.96. The van der Waals surface area contributed by atoms with Gasteiger partial charge in [0.25, 0.3) is 0 Å². The van der Waals surface area contributed by atoms with Gasteiger partial charge in [-0.3, -0.25) is 0 Å². The standard InChI is InChI=1S/C15H25NO.C8H10/c1-4-9-16-14(10-12(2)3)11-13-5-7-15(17)8-6-13;1-2-8-6-4-3-5-7-8/h5-8,12,14,16-17H,4,9-11H2,1-3H3;3-7H,2H2,1H3/t14-;/m0./s1. The van der Waals surface area contributed by atoms with Crippen molar-refractivity contribution < 1.29 is 5.11 Å². The molecule has 2 nitrogen and oxygen atoms in total. The van der Waals surface area contributed by atoms with Gasteiger partial charge in [-0.15, -0.1) is 0 Å². The number of benzene rings is 2. The highest BCUT2D eigenvalue weighted by atomic mass is 16.3. The summed E-state index contributed by atoms with van der Waals surface area (Å²) in [5.74, 6) is 1.05. The summed E-state index contributed by atoms with van der Waals surface area (Å²) in [6, 6.07) is 18.5. The molecular weight excluding hydrogens is 306 g/mol. The van der Waals surface area contributed by atoms with Gasteiger partial charge in [0, 0.05) is 6.04 Å². The largest absolute Gasteiger partial charge is 0.508 e. The third-order valence-electron chi connectivity index (χ3n) is 4.11. The second kappa shape index (κ2) is 12.5. The van der Waals surface area contributed by atoms with E-state index in [2.05, 4.69) is 57.3 Å². The number of hydrogen-bond acceptors (Lipinski definition) is 2. The lowest BCUT2D eigenvalue weighted by atomic mass is 9.97. The first kappa shape index (κ1) is 21.2. The second-order valence-corrected chi connectivity index (χ2v) is 6.99. The van der Waals surface area contributed by atoms with Crippen molar-refractivity contribution in [2.24, 2.45) is 5.92 Å². The summed E-state index contributed by atoms with van der Waals surface area (Å²) in [6.07, 6.45) is 4.55. The summed E-state index contributed by atoms with van der Waals surface area (Å²) in [5, 5.41) is 12.9. The molecule has 0 radical (unpaired) electrons. The fourth-order valence-corrected chi connectivity index (χ4v) is 2.79. The van der Waals surface area contributed by atoms with Crippen LogP contribution in [0.15, 0.2) is 54.6 Å². The minimum atomic E-state index is 0.343. The van der Waals surface area contributed by atoms with E-state index in [-0.39, 0.29) is 0 Å². The van der Waals surface area contributed by atoms with Crippen LogP contribution in [0.1, 0.15) is 51.7 Å². The van der Waals surface area contributed by atoms with Gasteiger partial charge in [-0.05, 0) is 61.4 Å². The van der Waals surface area contributed by atoms with Gasteiger partial charge in [0.15, 0.2) is 0 Å². The van der Waals surface area contributed by atoms with E-state index in [4.69, 9.17) is 0 Å². The summed E-state index contributed by atoms with van der Waals surface area (Å²) < 4.78 is 0. The Morgan fingerprint density at radius 1 is 0.880 bits per heavy atom. The van der Waals surface area contributed by atoms with E-state index in [0.29, 0.717) is 17.7 Å². The number of hydrogen-bond donors (Lipinski definition) is 2. The second-order valence-electron chi connectivity index (χ2n) is 6.99. The Labute approximate surface area is 154 Å². The molecule has 0 saturated carbocycles. The van der Waals surface area contributed by atoms with E-state index >= 15 is 0 Å².